The second kappa shape index (κ2) is 5.63. The number of nitrogen functional groups attached to an aromatic ring is 1. The molecule has 0 amide bonds. The molecule has 0 fully saturated rings. The number of aromatic nitrogens is 1. The number of hydrogen-bond acceptors (Lipinski definition) is 4. The average molecular weight is 479 g/mol. The van der Waals surface area contributed by atoms with Gasteiger partial charge >= 0.3 is 0 Å². The molecule has 0 aliphatic carbocycles. The minimum Gasteiger partial charge on any atom is -0.380 e. The zero-order valence-electron chi connectivity index (χ0n) is 9.86. The quantitative estimate of drug-likeness (QED) is 0.496. The zero-order valence-corrected chi connectivity index (χ0v) is 15.4. The normalized spacial score (nSPS) is 10.9. The van der Waals surface area contributed by atoms with Crippen LogP contribution in [0.25, 0.3) is 21.8 Å². The van der Waals surface area contributed by atoms with Gasteiger partial charge in [-0.2, -0.15) is 0 Å². The third-order valence-electron chi connectivity index (χ3n) is 2.72. The van der Waals surface area contributed by atoms with Crippen molar-refractivity contribution in [3.05, 3.63) is 43.1 Å². The SMILES string of the molecule is Nc1noc(-c2cc(Br)c(Br)s2)c1-c1ccc(Br)cc1. The number of nitrogens with zero attached hydrogens (tertiary/aromatic N) is 1. The van der Waals surface area contributed by atoms with E-state index in [1.165, 1.54) is 0 Å². The molecule has 0 aliphatic rings. The van der Waals surface area contributed by atoms with Crippen LogP contribution in [-0.2, 0) is 0 Å². The lowest BCUT2D eigenvalue weighted by Gasteiger charge is -2.01. The maximum Gasteiger partial charge on any atom is 0.186 e. The average Bonchev–Trinajstić information content (AvgIpc) is 2.95. The first-order valence-electron chi connectivity index (χ1n) is 5.52. The number of thiophene rings is 1. The molecule has 3 aromatic rings. The first-order chi connectivity index (χ1) is 9.56. The molecule has 0 spiro atoms. The summed E-state index contributed by atoms with van der Waals surface area (Å²) in [5, 5.41) is 3.90. The maximum atomic E-state index is 5.96. The predicted molar refractivity (Wildman–Crippen MR) is 92.8 cm³/mol. The highest BCUT2D eigenvalue weighted by atomic mass is 79.9. The molecule has 102 valence electrons. The van der Waals surface area contributed by atoms with Crippen molar-refractivity contribution in [1.82, 2.24) is 5.16 Å². The first kappa shape index (κ1) is 14.3. The van der Waals surface area contributed by atoms with Gasteiger partial charge in [0.05, 0.1) is 14.2 Å². The Morgan fingerprint density at radius 2 is 1.80 bits per heavy atom. The van der Waals surface area contributed by atoms with Gasteiger partial charge in [0.15, 0.2) is 11.6 Å². The Labute approximate surface area is 144 Å². The summed E-state index contributed by atoms with van der Waals surface area (Å²) in [5.41, 5.74) is 7.75. The van der Waals surface area contributed by atoms with Gasteiger partial charge in [-0.15, -0.1) is 11.3 Å². The van der Waals surface area contributed by atoms with E-state index >= 15 is 0 Å². The molecule has 2 N–H and O–H groups in total. The lowest BCUT2D eigenvalue weighted by atomic mass is 10.1. The van der Waals surface area contributed by atoms with Gasteiger partial charge in [-0.25, -0.2) is 0 Å². The minimum absolute atomic E-state index is 0.392. The van der Waals surface area contributed by atoms with E-state index in [0.29, 0.717) is 11.6 Å². The van der Waals surface area contributed by atoms with Crippen LogP contribution in [0.2, 0.25) is 0 Å². The standard InChI is InChI=1S/C13H7Br3N2OS/c14-7-3-1-6(2-4-7)10-11(19-18-13(10)17)9-5-8(15)12(16)20-9/h1-5H,(H2,17,18). The highest BCUT2D eigenvalue weighted by Crippen LogP contribution is 2.43. The van der Waals surface area contributed by atoms with E-state index in [4.69, 9.17) is 10.3 Å². The highest BCUT2D eigenvalue weighted by molar-refractivity contribution is 9.13. The number of halogens is 3. The van der Waals surface area contributed by atoms with E-state index in [0.717, 1.165) is 28.7 Å². The number of benzene rings is 1. The van der Waals surface area contributed by atoms with Gasteiger partial charge in [0.2, 0.25) is 0 Å². The number of hydrogen-bond donors (Lipinski definition) is 1. The zero-order chi connectivity index (χ0) is 14.3. The van der Waals surface area contributed by atoms with Crippen molar-refractivity contribution < 1.29 is 4.52 Å². The summed E-state index contributed by atoms with van der Waals surface area (Å²) >= 11 is 11.9. The Balaban J connectivity index is 2.16. The molecule has 0 bridgehead atoms. The van der Waals surface area contributed by atoms with Crippen LogP contribution in [0.3, 0.4) is 0 Å². The largest absolute Gasteiger partial charge is 0.380 e. The second-order valence-corrected chi connectivity index (χ2v) is 8.15. The van der Waals surface area contributed by atoms with Crippen LogP contribution in [0.1, 0.15) is 0 Å². The van der Waals surface area contributed by atoms with E-state index in [-0.39, 0.29) is 0 Å². The summed E-state index contributed by atoms with van der Waals surface area (Å²) in [7, 11) is 0. The van der Waals surface area contributed by atoms with Crippen LogP contribution >= 0.6 is 59.1 Å². The topological polar surface area (TPSA) is 52.0 Å². The van der Waals surface area contributed by atoms with E-state index in [9.17, 15) is 0 Å². The lowest BCUT2D eigenvalue weighted by molar-refractivity contribution is 0.437. The third-order valence-corrected chi connectivity index (χ3v) is 6.50. The van der Waals surface area contributed by atoms with Gasteiger partial charge in [-0.05, 0) is 55.6 Å². The molecule has 0 aliphatic heterocycles. The summed E-state index contributed by atoms with van der Waals surface area (Å²) in [6, 6.07) is 9.87. The van der Waals surface area contributed by atoms with Crippen LogP contribution in [0.4, 0.5) is 5.82 Å². The second-order valence-electron chi connectivity index (χ2n) is 4.01. The Bertz CT molecular complexity index is 745. The van der Waals surface area contributed by atoms with Crippen LogP contribution in [-0.4, -0.2) is 5.16 Å². The van der Waals surface area contributed by atoms with E-state index in [1.54, 1.807) is 11.3 Å². The Hall–Kier alpha value is -0.630. The van der Waals surface area contributed by atoms with Gasteiger partial charge in [0.1, 0.15) is 0 Å². The number of nitrogens with two attached hydrogens (primary N) is 1. The third kappa shape index (κ3) is 2.59. The monoisotopic (exact) mass is 476 g/mol. The molecule has 3 rings (SSSR count). The van der Waals surface area contributed by atoms with E-state index in [2.05, 4.69) is 52.9 Å². The van der Waals surface area contributed by atoms with Crippen molar-refractivity contribution in [2.75, 3.05) is 5.73 Å². The van der Waals surface area contributed by atoms with Crippen molar-refractivity contribution in [2.45, 2.75) is 0 Å². The fourth-order valence-electron chi connectivity index (χ4n) is 1.82. The molecule has 7 heteroatoms. The molecule has 0 saturated heterocycles. The smallest absolute Gasteiger partial charge is 0.186 e. The van der Waals surface area contributed by atoms with Crippen LogP contribution in [0, 0.1) is 0 Å². The van der Waals surface area contributed by atoms with Crippen LogP contribution in [0.15, 0.2) is 47.6 Å². The van der Waals surface area contributed by atoms with Crippen molar-refractivity contribution in [2.24, 2.45) is 0 Å². The molecule has 1 aromatic carbocycles. The van der Waals surface area contributed by atoms with Crippen molar-refractivity contribution in [3.8, 4) is 21.8 Å². The van der Waals surface area contributed by atoms with Gasteiger partial charge in [0, 0.05) is 8.95 Å². The molecule has 0 unspecified atom stereocenters. The fraction of sp³-hybridized carbons (Fsp3) is 0. The van der Waals surface area contributed by atoms with Crippen LogP contribution in [0.5, 0.6) is 0 Å². The first-order valence-corrected chi connectivity index (χ1v) is 8.72. The molecule has 0 radical (unpaired) electrons. The highest BCUT2D eigenvalue weighted by Gasteiger charge is 2.20. The predicted octanol–water partition coefficient (Wildman–Crippen LogP) is 5.94. The van der Waals surface area contributed by atoms with Gasteiger partial charge in [-0.3, -0.25) is 0 Å². The van der Waals surface area contributed by atoms with Crippen molar-refractivity contribution in [1.29, 1.82) is 0 Å². The molecular formula is C13H7Br3N2OS. The van der Waals surface area contributed by atoms with Crippen LogP contribution < -0.4 is 5.73 Å². The summed E-state index contributed by atoms with van der Waals surface area (Å²) in [6.07, 6.45) is 0. The molecule has 2 heterocycles. The van der Waals surface area contributed by atoms with Gasteiger partial charge in [-0.1, -0.05) is 33.2 Å². The molecule has 0 atom stereocenters. The summed E-state index contributed by atoms with van der Waals surface area (Å²) in [4.78, 5) is 0.964. The Morgan fingerprint density at radius 3 is 2.40 bits per heavy atom. The van der Waals surface area contributed by atoms with Gasteiger partial charge in [0.25, 0.3) is 0 Å². The maximum absolute atomic E-state index is 5.96. The molecule has 3 nitrogen and oxygen atoms in total. The number of anilines is 1. The molecule has 0 saturated carbocycles. The van der Waals surface area contributed by atoms with E-state index in [1.807, 2.05) is 30.3 Å². The Kier molecular flexibility index (Phi) is 4.03. The molecular weight excluding hydrogens is 472 g/mol. The summed E-state index contributed by atoms with van der Waals surface area (Å²) < 4.78 is 8.41. The van der Waals surface area contributed by atoms with Crippen molar-refractivity contribution in [3.63, 3.8) is 0 Å². The van der Waals surface area contributed by atoms with Crippen molar-refractivity contribution >= 4 is 64.9 Å². The lowest BCUT2D eigenvalue weighted by Crippen LogP contribution is -1.88. The summed E-state index contributed by atoms with van der Waals surface area (Å²) in [5.74, 6) is 1.07. The molecule has 20 heavy (non-hydrogen) atoms. The van der Waals surface area contributed by atoms with Gasteiger partial charge < -0.3 is 10.3 Å². The minimum atomic E-state index is 0.392. The molecule has 2 aromatic heterocycles. The summed E-state index contributed by atoms with van der Waals surface area (Å²) in [6.45, 7) is 0. The van der Waals surface area contributed by atoms with E-state index < -0.39 is 0 Å². The number of rotatable bonds is 2. The Morgan fingerprint density at radius 1 is 1.10 bits per heavy atom. The fourth-order valence-corrected chi connectivity index (χ4v) is 4.11.